The van der Waals surface area contributed by atoms with E-state index in [4.69, 9.17) is 4.74 Å². The number of rotatable bonds is 6. The van der Waals surface area contributed by atoms with Crippen molar-refractivity contribution in [2.45, 2.75) is 26.2 Å². The zero-order chi connectivity index (χ0) is 36.0. The number of para-hydroxylation sites is 1. The minimum absolute atomic E-state index is 0.228. The highest BCUT2D eigenvalue weighted by molar-refractivity contribution is 7.17. The van der Waals surface area contributed by atoms with Gasteiger partial charge in [0.15, 0.2) is 0 Å². The number of nitrogens with one attached hydrogen (secondary N) is 2. The van der Waals surface area contributed by atoms with Crippen molar-refractivity contribution in [1.82, 2.24) is 9.97 Å². The molecule has 2 aromatic carbocycles. The van der Waals surface area contributed by atoms with Crippen LogP contribution < -0.4 is 20.4 Å². The van der Waals surface area contributed by atoms with Crippen LogP contribution in [0.4, 0.5) is 31.7 Å². The first kappa shape index (κ1) is 33.6. The average Bonchev–Trinajstić information content (AvgIpc) is 3.51. The predicted molar refractivity (Wildman–Crippen MR) is 195 cm³/mol. The summed E-state index contributed by atoms with van der Waals surface area (Å²) in [5.41, 5.74) is 3.94. The molecule has 2 fully saturated rings. The van der Waals surface area contributed by atoms with Gasteiger partial charge in [0, 0.05) is 61.9 Å². The Bertz CT molecular complexity index is 2190. The van der Waals surface area contributed by atoms with Crippen LogP contribution in [-0.4, -0.2) is 60.5 Å². The molecule has 0 bridgehead atoms. The van der Waals surface area contributed by atoms with Gasteiger partial charge in [-0.25, -0.2) is 13.8 Å². The maximum atomic E-state index is 14.2. The summed E-state index contributed by atoms with van der Waals surface area (Å²) in [5, 5.41) is 5.31. The van der Waals surface area contributed by atoms with E-state index in [9.17, 15) is 23.2 Å². The van der Waals surface area contributed by atoms with Crippen LogP contribution in [0.3, 0.4) is 0 Å². The Balaban J connectivity index is 0.984. The van der Waals surface area contributed by atoms with Gasteiger partial charge in [0.1, 0.15) is 28.8 Å². The van der Waals surface area contributed by atoms with Crippen molar-refractivity contribution in [2.75, 3.05) is 53.3 Å². The number of pyridine rings is 2. The van der Waals surface area contributed by atoms with E-state index in [1.54, 1.807) is 59.8 Å². The number of thiophene rings is 1. The topological polar surface area (TPSA) is 117 Å². The first-order chi connectivity index (χ1) is 25.2. The van der Waals surface area contributed by atoms with E-state index in [1.807, 2.05) is 13.0 Å². The Morgan fingerprint density at radius 2 is 1.65 bits per heavy atom. The van der Waals surface area contributed by atoms with Crippen molar-refractivity contribution < 1.29 is 27.9 Å². The molecular weight excluding hydrogens is 687 g/mol. The van der Waals surface area contributed by atoms with E-state index in [1.165, 1.54) is 6.07 Å². The molecule has 0 aliphatic carbocycles. The summed E-state index contributed by atoms with van der Waals surface area (Å²) in [7, 11) is 0. The summed E-state index contributed by atoms with van der Waals surface area (Å²) in [6, 6.07) is 17.2. The molecule has 5 aromatic rings. The number of aryl methyl sites for hydroxylation is 1. The second-order valence-corrected chi connectivity index (χ2v) is 14.5. The number of anilines is 4. The predicted octanol–water partition coefficient (Wildman–Crippen LogP) is 7.12. The van der Waals surface area contributed by atoms with E-state index in [0.29, 0.717) is 51.9 Å². The van der Waals surface area contributed by atoms with Gasteiger partial charge in [-0.2, -0.15) is 0 Å². The standard InChI is InChI=1S/C39H34F2N6O4S/c1-23-18-30-33(43-20-23)34-25(19-31(52-34)37(49)45-32-28(40)5-2-6-29(32)41)11-15-47(30)38(50)24-7-9-26(10-8-24)44-36(48)27-4-3-14-42-35(27)46-21-39(22-46)12-16-51-17-13-39/h2-10,14,18-20H,11-13,15-17,21-22H2,1H3,(H,44,48)(H,45,49). The zero-order valence-corrected chi connectivity index (χ0v) is 29.1. The molecule has 0 unspecified atom stereocenters. The van der Waals surface area contributed by atoms with Gasteiger partial charge < -0.3 is 25.2 Å². The molecule has 13 heteroatoms. The molecule has 2 saturated heterocycles. The lowest BCUT2D eigenvalue weighted by Gasteiger charge is -2.53. The second-order valence-electron chi connectivity index (χ2n) is 13.5. The Hall–Kier alpha value is -5.53. The first-order valence-corrected chi connectivity index (χ1v) is 17.9. The zero-order valence-electron chi connectivity index (χ0n) is 28.2. The number of carbonyl (C=O) groups is 3. The van der Waals surface area contributed by atoms with Gasteiger partial charge in [0.25, 0.3) is 17.7 Å². The highest BCUT2D eigenvalue weighted by Crippen LogP contribution is 2.43. The fourth-order valence-corrected chi connectivity index (χ4v) is 8.24. The van der Waals surface area contributed by atoms with Crippen molar-refractivity contribution in [2.24, 2.45) is 5.41 Å². The van der Waals surface area contributed by atoms with Crippen LogP contribution in [0.15, 0.2) is 79.1 Å². The van der Waals surface area contributed by atoms with Crippen molar-refractivity contribution in [3.63, 3.8) is 0 Å². The third-order valence-corrected chi connectivity index (χ3v) is 11.1. The van der Waals surface area contributed by atoms with Crippen molar-refractivity contribution >= 4 is 51.9 Å². The molecule has 0 saturated carbocycles. The van der Waals surface area contributed by atoms with Gasteiger partial charge in [-0.3, -0.25) is 19.4 Å². The monoisotopic (exact) mass is 720 g/mol. The fourth-order valence-electron chi connectivity index (χ4n) is 7.13. The summed E-state index contributed by atoms with van der Waals surface area (Å²) in [6.45, 7) is 5.41. The molecule has 3 amide bonds. The maximum absolute atomic E-state index is 14.2. The first-order valence-electron chi connectivity index (χ1n) is 17.0. The molecule has 3 aromatic heterocycles. The number of ether oxygens (including phenoxy) is 1. The van der Waals surface area contributed by atoms with Gasteiger partial charge in [-0.1, -0.05) is 6.07 Å². The van der Waals surface area contributed by atoms with Gasteiger partial charge in [0.05, 0.1) is 21.0 Å². The van der Waals surface area contributed by atoms with Crippen LogP contribution in [-0.2, 0) is 11.2 Å². The van der Waals surface area contributed by atoms with E-state index in [2.05, 4.69) is 25.5 Å². The average molecular weight is 721 g/mol. The number of hydrogen-bond acceptors (Lipinski definition) is 8. The summed E-state index contributed by atoms with van der Waals surface area (Å²) in [5.74, 6) is -2.24. The van der Waals surface area contributed by atoms with Gasteiger partial charge in [-0.05, 0) is 98.0 Å². The van der Waals surface area contributed by atoms with Crippen LogP contribution in [0, 0.1) is 24.0 Å². The normalized spacial score (nSPS) is 16.0. The molecule has 10 nitrogen and oxygen atoms in total. The maximum Gasteiger partial charge on any atom is 0.265 e. The molecule has 3 aliphatic rings. The smallest absolute Gasteiger partial charge is 0.265 e. The number of benzene rings is 2. The van der Waals surface area contributed by atoms with Crippen molar-refractivity contribution in [1.29, 1.82) is 0 Å². The van der Waals surface area contributed by atoms with Crippen molar-refractivity contribution in [3.05, 3.63) is 118 Å². The lowest BCUT2D eigenvalue weighted by molar-refractivity contribution is -0.000510. The molecule has 6 heterocycles. The van der Waals surface area contributed by atoms with Crippen LogP contribution in [0.25, 0.3) is 10.6 Å². The Labute approximate surface area is 302 Å². The fraction of sp³-hybridized carbons (Fsp3) is 0.256. The third kappa shape index (κ3) is 6.30. The van der Waals surface area contributed by atoms with Gasteiger partial charge >= 0.3 is 0 Å². The van der Waals surface area contributed by atoms with Crippen LogP contribution in [0.1, 0.15) is 54.4 Å². The quantitative estimate of drug-likeness (QED) is 0.192. The number of aromatic nitrogens is 2. The number of nitrogens with zero attached hydrogens (tertiary/aromatic N) is 4. The van der Waals surface area contributed by atoms with Crippen LogP contribution in [0.5, 0.6) is 0 Å². The SMILES string of the molecule is Cc1cnc2c(c1)N(C(=O)c1ccc(NC(=O)c3cccnc3N3CC4(CCOCC4)C3)cc1)CCc1cc(C(=O)Nc3c(F)cccc3F)sc1-2. The Kier molecular flexibility index (Phi) is 8.76. The summed E-state index contributed by atoms with van der Waals surface area (Å²) >= 11 is 1.15. The number of fused-ring (bicyclic) bond motifs is 3. The molecule has 264 valence electrons. The van der Waals surface area contributed by atoms with Gasteiger partial charge in [0.2, 0.25) is 0 Å². The summed E-state index contributed by atoms with van der Waals surface area (Å²) in [4.78, 5) is 54.6. The molecule has 8 rings (SSSR count). The largest absolute Gasteiger partial charge is 0.381 e. The molecule has 2 N–H and O–H groups in total. The highest BCUT2D eigenvalue weighted by atomic mass is 32.1. The number of halogens is 2. The highest BCUT2D eigenvalue weighted by Gasteiger charge is 2.45. The van der Waals surface area contributed by atoms with Crippen LogP contribution in [0.2, 0.25) is 0 Å². The lowest BCUT2D eigenvalue weighted by atomic mass is 9.73. The third-order valence-electron chi connectivity index (χ3n) is 9.92. The van der Waals surface area contributed by atoms with Crippen molar-refractivity contribution in [3.8, 4) is 10.6 Å². The summed E-state index contributed by atoms with van der Waals surface area (Å²) < 4.78 is 34.0. The molecule has 0 atom stereocenters. The minimum Gasteiger partial charge on any atom is -0.381 e. The number of carbonyl (C=O) groups excluding carboxylic acids is 3. The van der Waals surface area contributed by atoms with E-state index in [-0.39, 0.29) is 22.1 Å². The molecule has 52 heavy (non-hydrogen) atoms. The molecule has 0 radical (unpaired) electrons. The number of hydrogen-bond donors (Lipinski definition) is 2. The van der Waals surface area contributed by atoms with E-state index in [0.717, 1.165) is 73.7 Å². The second kappa shape index (κ2) is 13.5. The van der Waals surface area contributed by atoms with Crippen LogP contribution >= 0.6 is 11.3 Å². The summed E-state index contributed by atoms with van der Waals surface area (Å²) in [6.07, 6.45) is 5.84. The molecule has 1 spiro atoms. The van der Waals surface area contributed by atoms with Gasteiger partial charge in [-0.15, -0.1) is 11.3 Å². The minimum atomic E-state index is -0.869. The van der Waals surface area contributed by atoms with E-state index >= 15 is 0 Å². The Morgan fingerprint density at radius 3 is 2.40 bits per heavy atom. The Morgan fingerprint density at radius 1 is 0.904 bits per heavy atom. The number of amides is 3. The molecular formula is C39H34F2N6O4S. The lowest BCUT2D eigenvalue weighted by Crippen LogP contribution is -2.59. The van der Waals surface area contributed by atoms with E-state index < -0.39 is 23.2 Å². The molecule has 3 aliphatic heterocycles.